The van der Waals surface area contributed by atoms with Crippen molar-refractivity contribution < 1.29 is 23.9 Å². The molecule has 0 spiro atoms. The smallest absolute Gasteiger partial charge is 0.325 e. The van der Waals surface area contributed by atoms with Gasteiger partial charge in [-0.2, -0.15) is 0 Å². The summed E-state index contributed by atoms with van der Waals surface area (Å²) < 4.78 is 7.14. The number of primary amides is 1. The Bertz CT molecular complexity index is 1430. The number of aromatic nitrogens is 1. The Kier molecular flexibility index (Phi) is 8.83. The van der Waals surface area contributed by atoms with Crippen molar-refractivity contribution in [3.05, 3.63) is 70.4 Å². The van der Waals surface area contributed by atoms with Gasteiger partial charge >= 0.3 is 5.97 Å². The summed E-state index contributed by atoms with van der Waals surface area (Å²) in [5.41, 5.74) is 7.65. The zero-order chi connectivity index (χ0) is 29.0. The second-order valence-electron chi connectivity index (χ2n) is 10.5. The van der Waals surface area contributed by atoms with Gasteiger partial charge in [0.15, 0.2) is 0 Å². The number of para-hydroxylation sites is 1. The average molecular weight is 567 g/mol. The molecule has 0 saturated carbocycles. The van der Waals surface area contributed by atoms with Crippen LogP contribution in [-0.4, -0.2) is 46.4 Å². The fraction of sp³-hybridized carbons (Fsp3) is 0.400. The maximum Gasteiger partial charge on any atom is 0.325 e. The van der Waals surface area contributed by atoms with E-state index < -0.39 is 23.4 Å². The van der Waals surface area contributed by atoms with Crippen LogP contribution >= 0.6 is 11.6 Å². The molecule has 0 bridgehead atoms. The van der Waals surface area contributed by atoms with E-state index >= 15 is 0 Å². The van der Waals surface area contributed by atoms with Crippen LogP contribution in [0.2, 0.25) is 5.02 Å². The fourth-order valence-electron chi connectivity index (χ4n) is 5.45. The Morgan fingerprint density at radius 1 is 1.10 bits per heavy atom. The summed E-state index contributed by atoms with van der Waals surface area (Å²) in [6.07, 6.45) is 0.912. The number of fused-ring (bicyclic) bond motifs is 3. The Morgan fingerprint density at radius 2 is 1.80 bits per heavy atom. The monoisotopic (exact) mass is 566 g/mol. The lowest BCUT2D eigenvalue weighted by atomic mass is 9.78. The number of halogens is 1. The van der Waals surface area contributed by atoms with E-state index in [9.17, 15) is 19.2 Å². The van der Waals surface area contributed by atoms with Crippen LogP contribution < -0.4 is 16.4 Å². The number of carbonyl (C=O) groups is 4. The summed E-state index contributed by atoms with van der Waals surface area (Å²) >= 11 is 5.99. The number of hydrogen-bond acceptors (Lipinski definition) is 5. The van der Waals surface area contributed by atoms with Gasteiger partial charge < -0.3 is 25.7 Å². The summed E-state index contributed by atoms with van der Waals surface area (Å²) in [6.45, 7) is 5.67. The Labute approximate surface area is 238 Å². The number of hydrogen-bond donors (Lipinski definition) is 3. The predicted molar refractivity (Wildman–Crippen MR) is 153 cm³/mol. The molecular weight excluding hydrogens is 532 g/mol. The van der Waals surface area contributed by atoms with Gasteiger partial charge in [-0.15, -0.1) is 0 Å². The van der Waals surface area contributed by atoms with Gasteiger partial charge in [-0.3, -0.25) is 19.2 Å². The number of carbonyl (C=O) groups excluding carboxylic acids is 4. The molecule has 1 heterocycles. The topological polar surface area (TPSA) is 133 Å². The molecular formula is C30H35ClN4O5. The van der Waals surface area contributed by atoms with E-state index in [1.54, 1.807) is 45.0 Å². The molecule has 9 nitrogen and oxygen atoms in total. The van der Waals surface area contributed by atoms with Crippen LogP contribution in [0.1, 0.15) is 44.0 Å². The first-order valence-corrected chi connectivity index (χ1v) is 13.8. The zero-order valence-electron chi connectivity index (χ0n) is 23.0. The van der Waals surface area contributed by atoms with Crippen molar-refractivity contribution in [3.63, 3.8) is 0 Å². The summed E-state index contributed by atoms with van der Waals surface area (Å²) in [5.74, 6) is -2.04. The highest BCUT2D eigenvalue weighted by Crippen LogP contribution is 2.37. The van der Waals surface area contributed by atoms with E-state index in [1.165, 1.54) is 0 Å². The van der Waals surface area contributed by atoms with Crippen LogP contribution in [0.3, 0.4) is 0 Å². The summed E-state index contributed by atoms with van der Waals surface area (Å²) in [7, 11) is 0. The van der Waals surface area contributed by atoms with Crippen LogP contribution in [0.4, 0.5) is 0 Å². The van der Waals surface area contributed by atoms with Crippen LogP contribution in [-0.2, 0) is 49.7 Å². The third-order valence-corrected chi connectivity index (χ3v) is 7.66. The van der Waals surface area contributed by atoms with Gasteiger partial charge in [-0.05, 0) is 55.0 Å². The van der Waals surface area contributed by atoms with Crippen molar-refractivity contribution in [2.24, 2.45) is 11.7 Å². The predicted octanol–water partition coefficient (Wildman–Crippen LogP) is 3.07. The molecule has 1 aromatic heterocycles. The van der Waals surface area contributed by atoms with Crippen LogP contribution in [0.5, 0.6) is 0 Å². The van der Waals surface area contributed by atoms with E-state index in [4.69, 9.17) is 22.1 Å². The van der Waals surface area contributed by atoms with Gasteiger partial charge in [-0.25, -0.2) is 0 Å². The van der Waals surface area contributed by atoms with Crippen molar-refractivity contribution in [2.75, 3.05) is 6.61 Å². The molecule has 2 aromatic carbocycles. The molecule has 0 fully saturated rings. The third-order valence-electron chi connectivity index (χ3n) is 7.40. The fourth-order valence-corrected chi connectivity index (χ4v) is 5.58. The van der Waals surface area contributed by atoms with Gasteiger partial charge in [0.25, 0.3) is 0 Å². The molecule has 3 aromatic rings. The molecule has 2 atom stereocenters. The van der Waals surface area contributed by atoms with E-state index in [1.807, 2.05) is 28.8 Å². The second-order valence-corrected chi connectivity index (χ2v) is 11.0. The minimum Gasteiger partial charge on any atom is -0.465 e. The normalized spacial score (nSPS) is 17.2. The maximum atomic E-state index is 14.0. The highest BCUT2D eigenvalue weighted by Gasteiger charge is 2.45. The quantitative estimate of drug-likeness (QED) is 0.324. The Morgan fingerprint density at radius 3 is 2.45 bits per heavy atom. The first-order valence-electron chi connectivity index (χ1n) is 13.4. The number of nitrogens with one attached hydrogen (secondary N) is 2. The van der Waals surface area contributed by atoms with Crippen LogP contribution in [0.25, 0.3) is 10.9 Å². The average Bonchev–Trinajstić information content (AvgIpc) is 3.20. The molecule has 3 amide bonds. The number of esters is 1. The number of benzene rings is 2. The molecule has 1 aliphatic rings. The Hall–Kier alpha value is -3.85. The lowest BCUT2D eigenvalue weighted by molar-refractivity contribution is -0.143. The molecule has 1 aliphatic carbocycles. The second kappa shape index (κ2) is 12.1. The summed E-state index contributed by atoms with van der Waals surface area (Å²) in [6, 6.07) is 13.7. The summed E-state index contributed by atoms with van der Waals surface area (Å²) in [5, 5.41) is 7.28. The van der Waals surface area contributed by atoms with Gasteiger partial charge in [0.1, 0.15) is 18.1 Å². The number of rotatable bonds is 10. The highest BCUT2D eigenvalue weighted by atomic mass is 35.5. The molecule has 0 radical (unpaired) electrons. The van der Waals surface area contributed by atoms with Crippen molar-refractivity contribution >= 4 is 46.2 Å². The first-order chi connectivity index (χ1) is 19.0. The van der Waals surface area contributed by atoms with E-state index in [0.717, 1.165) is 27.7 Å². The standard InChI is InChI=1S/C30H35ClN4O5/c1-4-40-26(37)17-35-23-8-6-5-7-21(23)22-16-30(14-13-24(22)35,29(39)33-27(18(2)3)28(32)38)34-25(36)15-19-9-11-20(31)12-10-19/h5-12,18,27H,4,13-17H2,1-3H3,(H2,32,38)(H,33,39)(H,34,36)/t27-,30-/m0/s1. The molecule has 4 rings (SSSR count). The molecule has 10 heteroatoms. The minimum atomic E-state index is -1.34. The minimum absolute atomic E-state index is 0.0446. The molecule has 4 N–H and O–H groups in total. The molecule has 0 unspecified atom stereocenters. The number of amides is 3. The number of ether oxygens (including phenoxy) is 1. The van der Waals surface area contributed by atoms with E-state index in [2.05, 4.69) is 10.6 Å². The highest BCUT2D eigenvalue weighted by molar-refractivity contribution is 6.30. The number of nitrogens with two attached hydrogens (primary N) is 1. The van der Waals surface area contributed by atoms with Gasteiger partial charge in [0.05, 0.1) is 13.0 Å². The van der Waals surface area contributed by atoms with E-state index in [-0.39, 0.29) is 50.2 Å². The summed E-state index contributed by atoms with van der Waals surface area (Å²) in [4.78, 5) is 51.9. The molecule has 212 valence electrons. The third kappa shape index (κ3) is 6.14. The van der Waals surface area contributed by atoms with Crippen LogP contribution in [0.15, 0.2) is 48.5 Å². The first kappa shape index (κ1) is 29.1. The molecule has 0 saturated heterocycles. The van der Waals surface area contributed by atoms with Crippen LogP contribution in [0, 0.1) is 5.92 Å². The molecule has 0 aliphatic heterocycles. The lowest BCUT2D eigenvalue weighted by Gasteiger charge is -2.38. The molecule has 40 heavy (non-hydrogen) atoms. The number of nitrogens with zero attached hydrogens (tertiary/aromatic N) is 1. The largest absolute Gasteiger partial charge is 0.465 e. The van der Waals surface area contributed by atoms with Gasteiger partial charge in [0.2, 0.25) is 17.7 Å². The van der Waals surface area contributed by atoms with Crippen molar-refractivity contribution in [1.29, 1.82) is 0 Å². The van der Waals surface area contributed by atoms with Crippen molar-refractivity contribution in [1.82, 2.24) is 15.2 Å². The lowest BCUT2D eigenvalue weighted by Crippen LogP contribution is -2.64. The van der Waals surface area contributed by atoms with Gasteiger partial charge in [0, 0.05) is 28.0 Å². The van der Waals surface area contributed by atoms with E-state index in [0.29, 0.717) is 11.4 Å². The van der Waals surface area contributed by atoms with Gasteiger partial charge in [-0.1, -0.05) is 55.8 Å². The zero-order valence-corrected chi connectivity index (χ0v) is 23.7. The maximum absolute atomic E-state index is 14.0. The Balaban J connectivity index is 1.73. The van der Waals surface area contributed by atoms with Crippen molar-refractivity contribution in [3.8, 4) is 0 Å². The SMILES string of the molecule is CCOC(=O)Cn1c2c(c3ccccc31)C[C@](NC(=O)Cc1ccc(Cl)cc1)(C(=O)N[C@H](C(N)=O)C(C)C)CC2. The van der Waals surface area contributed by atoms with Crippen molar-refractivity contribution in [2.45, 2.75) is 64.6 Å².